The van der Waals surface area contributed by atoms with Gasteiger partial charge in [-0.05, 0) is 40.8 Å². The summed E-state index contributed by atoms with van der Waals surface area (Å²) in [5.74, 6) is 0.494. The highest BCUT2D eigenvalue weighted by Crippen LogP contribution is 2.41. The van der Waals surface area contributed by atoms with Gasteiger partial charge in [0.2, 0.25) is 0 Å². The molecule has 5 aromatic rings. The second-order valence-electron chi connectivity index (χ2n) is 9.95. The maximum atomic E-state index is 4.72. The van der Waals surface area contributed by atoms with Crippen LogP contribution in [0.1, 0.15) is 25.3 Å². The molecule has 0 aliphatic rings. The second-order valence-corrected chi connectivity index (χ2v) is 16.1. The molecule has 32 heavy (non-hydrogen) atoms. The van der Waals surface area contributed by atoms with Crippen molar-refractivity contribution in [3.63, 3.8) is 0 Å². The molecule has 3 aromatic carbocycles. The first-order chi connectivity index (χ1) is 15.3. The maximum Gasteiger partial charge on any atom is 0.0775 e. The maximum absolute atomic E-state index is 4.72. The standard InChI is InChI=1S/C29H29NSSi/c1-19(2)21-15-16-30-27(17-21)26-8-6-7-25-24-14-11-22(18-28(24)31-29(25)26)20-9-12-23(13-10-20)32(3,4)5/h6-19H,1-5H3. The van der Waals surface area contributed by atoms with Gasteiger partial charge < -0.3 is 0 Å². The fourth-order valence-corrected chi connectivity index (χ4v) is 6.73. The van der Waals surface area contributed by atoms with Crippen LogP contribution in [0.25, 0.3) is 42.6 Å². The van der Waals surface area contributed by atoms with Crippen LogP contribution in [0.3, 0.4) is 0 Å². The zero-order valence-corrected chi connectivity index (χ0v) is 21.3. The molecule has 0 saturated carbocycles. The molecular weight excluding hydrogens is 422 g/mol. The number of fused-ring (bicyclic) bond motifs is 3. The quantitative estimate of drug-likeness (QED) is 0.250. The molecule has 5 rings (SSSR count). The van der Waals surface area contributed by atoms with Crippen LogP contribution in [0.2, 0.25) is 19.6 Å². The molecule has 0 radical (unpaired) electrons. The summed E-state index contributed by atoms with van der Waals surface area (Å²) >= 11 is 1.88. The van der Waals surface area contributed by atoms with Crippen molar-refractivity contribution in [3.05, 3.63) is 84.6 Å². The molecule has 0 N–H and O–H groups in total. The average Bonchev–Trinajstić information content (AvgIpc) is 3.16. The number of hydrogen-bond donors (Lipinski definition) is 0. The van der Waals surface area contributed by atoms with Gasteiger partial charge in [-0.3, -0.25) is 4.98 Å². The van der Waals surface area contributed by atoms with E-state index in [0.29, 0.717) is 5.92 Å². The molecule has 1 nitrogen and oxygen atoms in total. The van der Waals surface area contributed by atoms with Crippen LogP contribution < -0.4 is 5.19 Å². The Morgan fingerprint density at radius 1 is 0.781 bits per heavy atom. The van der Waals surface area contributed by atoms with Crippen molar-refractivity contribution in [2.75, 3.05) is 0 Å². The molecule has 0 unspecified atom stereocenters. The van der Waals surface area contributed by atoms with Gasteiger partial charge in [0.1, 0.15) is 0 Å². The van der Waals surface area contributed by atoms with E-state index in [4.69, 9.17) is 4.98 Å². The minimum Gasteiger partial charge on any atom is -0.256 e. The lowest BCUT2D eigenvalue weighted by molar-refractivity contribution is 0.864. The van der Waals surface area contributed by atoms with E-state index in [-0.39, 0.29) is 0 Å². The molecule has 0 saturated heterocycles. The molecule has 160 valence electrons. The van der Waals surface area contributed by atoms with Gasteiger partial charge in [0.05, 0.1) is 13.8 Å². The lowest BCUT2D eigenvalue weighted by Crippen LogP contribution is -2.37. The van der Waals surface area contributed by atoms with E-state index in [9.17, 15) is 0 Å². The smallest absolute Gasteiger partial charge is 0.0775 e. The monoisotopic (exact) mass is 451 g/mol. The molecule has 0 amide bonds. The van der Waals surface area contributed by atoms with Crippen LogP contribution in [0, 0.1) is 0 Å². The van der Waals surface area contributed by atoms with Crippen LogP contribution in [0.15, 0.2) is 79.0 Å². The average molecular weight is 452 g/mol. The summed E-state index contributed by atoms with van der Waals surface area (Å²) < 4.78 is 2.65. The third kappa shape index (κ3) is 3.80. The highest BCUT2D eigenvalue weighted by molar-refractivity contribution is 7.26. The number of hydrogen-bond acceptors (Lipinski definition) is 2. The lowest BCUT2D eigenvalue weighted by atomic mass is 10.00. The van der Waals surface area contributed by atoms with Gasteiger partial charge in [-0.2, -0.15) is 0 Å². The van der Waals surface area contributed by atoms with Crippen LogP contribution >= 0.6 is 11.3 Å². The summed E-state index contributed by atoms with van der Waals surface area (Å²) in [6, 6.07) is 27.1. The van der Waals surface area contributed by atoms with Gasteiger partial charge in [-0.1, -0.05) is 93.3 Å². The Balaban J connectivity index is 1.62. The van der Waals surface area contributed by atoms with Gasteiger partial charge in [0.15, 0.2) is 0 Å². The number of thiophene rings is 1. The zero-order chi connectivity index (χ0) is 22.5. The molecular formula is C29H29NSSi. The van der Waals surface area contributed by atoms with E-state index in [2.05, 4.69) is 106 Å². The third-order valence-corrected chi connectivity index (χ3v) is 9.58. The van der Waals surface area contributed by atoms with E-state index < -0.39 is 8.07 Å². The van der Waals surface area contributed by atoms with E-state index >= 15 is 0 Å². The zero-order valence-electron chi connectivity index (χ0n) is 19.4. The molecule has 2 aromatic heterocycles. The molecule has 3 heteroatoms. The highest BCUT2D eigenvalue weighted by Gasteiger charge is 2.16. The minimum atomic E-state index is -1.28. The van der Waals surface area contributed by atoms with Gasteiger partial charge in [0, 0.05) is 31.9 Å². The van der Waals surface area contributed by atoms with Crippen LogP contribution in [-0.2, 0) is 0 Å². The largest absolute Gasteiger partial charge is 0.256 e. The van der Waals surface area contributed by atoms with E-state index in [1.807, 2.05) is 17.5 Å². The Bertz CT molecular complexity index is 1420. The van der Waals surface area contributed by atoms with Gasteiger partial charge in [-0.15, -0.1) is 11.3 Å². The first kappa shape index (κ1) is 21.1. The predicted molar refractivity (Wildman–Crippen MR) is 145 cm³/mol. The van der Waals surface area contributed by atoms with Crippen molar-refractivity contribution in [1.82, 2.24) is 4.98 Å². The number of nitrogens with zero attached hydrogens (tertiary/aromatic N) is 1. The first-order valence-electron chi connectivity index (χ1n) is 11.3. The number of pyridine rings is 1. The SMILES string of the molecule is CC(C)c1ccnc(-c2cccc3c2sc2cc(-c4ccc([Si](C)(C)C)cc4)ccc23)c1. The van der Waals surface area contributed by atoms with Crippen LogP contribution in [0.4, 0.5) is 0 Å². The van der Waals surface area contributed by atoms with E-state index in [0.717, 1.165) is 5.69 Å². The Morgan fingerprint density at radius 2 is 1.53 bits per heavy atom. The van der Waals surface area contributed by atoms with Gasteiger partial charge >= 0.3 is 0 Å². The van der Waals surface area contributed by atoms with E-state index in [1.165, 1.54) is 47.6 Å². The number of benzene rings is 3. The summed E-state index contributed by atoms with van der Waals surface area (Å²) in [5.41, 5.74) is 6.20. The summed E-state index contributed by atoms with van der Waals surface area (Å²) in [7, 11) is -1.28. The van der Waals surface area contributed by atoms with Crippen molar-refractivity contribution in [2.45, 2.75) is 39.4 Å². The normalized spacial score (nSPS) is 12.2. The Labute approximate surface area is 195 Å². The topological polar surface area (TPSA) is 12.9 Å². The van der Waals surface area contributed by atoms with Gasteiger partial charge in [0.25, 0.3) is 0 Å². The Hall–Kier alpha value is -2.75. The fourth-order valence-electron chi connectivity index (χ4n) is 4.30. The molecule has 0 fully saturated rings. The number of rotatable bonds is 4. The Kier molecular flexibility index (Phi) is 5.27. The first-order valence-corrected chi connectivity index (χ1v) is 15.7. The molecule has 0 bridgehead atoms. The van der Waals surface area contributed by atoms with E-state index in [1.54, 1.807) is 0 Å². The highest BCUT2D eigenvalue weighted by atomic mass is 32.1. The van der Waals surface area contributed by atoms with Crippen molar-refractivity contribution in [2.24, 2.45) is 0 Å². The molecule has 0 aliphatic heterocycles. The Morgan fingerprint density at radius 3 is 2.25 bits per heavy atom. The molecule has 0 aliphatic carbocycles. The van der Waals surface area contributed by atoms with Crippen molar-refractivity contribution in [3.8, 4) is 22.4 Å². The van der Waals surface area contributed by atoms with Crippen molar-refractivity contribution in [1.29, 1.82) is 0 Å². The summed E-state index contributed by atoms with van der Waals surface area (Å²) in [6.45, 7) is 11.7. The minimum absolute atomic E-state index is 0.494. The molecule has 2 heterocycles. The van der Waals surface area contributed by atoms with Crippen LogP contribution in [-0.4, -0.2) is 13.1 Å². The lowest BCUT2D eigenvalue weighted by Gasteiger charge is -2.16. The third-order valence-electron chi connectivity index (χ3n) is 6.31. The summed E-state index contributed by atoms with van der Waals surface area (Å²) in [6.07, 6.45) is 1.94. The predicted octanol–water partition coefficient (Wildman–Crippen LogP) is 8.45. The second kappa shape index (κ2) is 7.98. The number of aromatic nitrogens is 1. The van der Waals surface area contributed by atoms with Crippen LogP contribution in [0.5, 0.6) is 0 Å². The molecule has 0 spiro atoms. The summed E-state index contributed by atoms with van der Waals surface area (Å²) in [4.78, 5) is 4.72. The van der Waals surface area contributed by atoms with Crippen molar-refractivity contribution >= 4 is 44.8 Å². The molecule has 0 atom stereocenters. The van der Waals surface area contributed by atoms with Crippen molar-refractivity contribution < 1.29 is 0 Å². The van der Waals surface area contributed by atoms with Gasteiger partial charge in [-0.25, -0.2) is 0 Å². The fraction of sp³-hybridized carbons (Fsp3) is 0.207. The summed E-state index contributed by atoms with van der Waals surface area (Å²) in [5, 5.41) is 4.15.